The van der Waals surface area contributed by atoms with Gasteiger partial charge in [0.05, 0.1) is 10.6 Å². The second kappa shape index (κ2) is 5.79. The van der Waals surface area contributed by atoms with Gasteiger partial charge in [-0.3, -0.25) is 4.79 Å². The van der Waals surface area contributed by atoms with Crippen molar-refractivity contribution >= 4 is 27.5 Å². The van der Waals surface area contributed by atoms with Crippen LogP contribution in [0.5, 0.6) is 0 Å². The van der Waals surface area contributed by atoms with Crippen LogP contribution >= 0.6 is 11.6 Å². The van der Waals surface area contributed by atoms with Gasteiger partial charge in [0.25, 0.3) is 21.1 Å². The van der Waals surface area contributed by atoms with Gasteiger partial charge in [-0.05, 0) is 32.0 Å². The first-order chi connectivity index (χ1) is 9.79. The second-order valence-corrected chi connectivity index (χ2v) is 6.33. The number of nitrogens with zero attached hydrogens (tertiary/aromatic N) is 2. The third kappa shape index (κ3) is 3.56. The van der Waals surface area contributed by atoms with Crippen LogP contribution in [-0.4, -0.2) is 24.3 Å². The van der Waals surface area contributed by atoms with Crippen LogP contribution in [0.15, 0.2) is 35.5 Å². The van der Waals surface area contributed by atoms with Crippen molar-refractivity contribution in [3.05, 3.63) is 52.3 Å². The Labute approximate surface area is 127 Å². The Morgan fingerprint density at radius 3 is 2.29 bits per heavy atom. The van der Waals surface area contributed by atoms with Crippen molar-refractivity contribution in [1.29, 1.82) is 0 Å². The summed E-state index contributed by atoms with van der Waals surface area (Å²) in [5.41, 5.74) is 1.05. The minimum Gasteiger partial charge on any atom is -0.268 e. The largest absolute Gasteiger partial charge is 0.300 e. The van der Waals surface area contributed by atoms with E-state index in [4.69, 9.17) is 11.6 Å². The van der Waals surface area contributed by atoms with E-state index in [0.717, 1.165) is 0 Å². The van der Waals surface area contributed by atoms with Crippen LogP contribution in [0, 0.1) is 13.8 Å². The number of carbonyl (C=O) groups is 1. The number of amides is 1. The molecule has 0 fully saturated rings. The van der Waals surface area contributed by atoms with Crippen LogP contribution in [0.2, 0.25) is 5.02 Å². The fraction of sp³-hybridized carbons (Fsp3) is 0.154. The molecule has 8 heteroatoms. The van der Waals surface area contributed by atoms with E-state index >= 15 is 0 Å². The molecular weight excluding hydrogens is 314 g/mol. The zero-order valence-corrected chi connectivity index (χ0v) is 12.9. The van der Waals surface area contributed by atoms with Gasteiger partial charge in [0.15, 0.2) is 0 Å². The minimum atomic E-state index is -4.15. The Morgan fingerprint density at radius 2 is 1.71 bits per heavy atom. The fourth-order valence-electron chi connectivity index (χ4n) is 1.68. The van der Waals surface area contributed by atoms with Crippen LogP contribution in [0.1, 0.15) is 21.7 Å². The molecule has 0 aliphatic heterocycles. The van der Waals surface area contributed by atoms with Gasteiger partial charge in [0.1, 0.15) is 0 Å². The molecule has 6 nitrogen and oxygen atoms in total. The van der Waals surface area contributed by atoms with E-state index in [1.807, 2.05) is 4.72 Å². The van der Waals surface area contributed by atoms with Gasteiger partial charge < -0.3 is 0 Å². The zero-order valence-electron chi connectivity index (χ0n) is 11.3. The topological polar surface area (TPSA) is 89.0 Å². The van der Waals surface area contributed by atoms with Crippen molar-refractivity contribution in [2.75, 3.05) is 0 Å². The molecule has 110 valence electrons. The summed E-state index contributed by atoms with van der Waals surface area (Å²) in [6, 6.07) is 7.78. The molecule has 0 bridgehead atoms. The summed E-state index contributed by atoms with van der Waals surface area (Å²) >= 11 is 5.86. The number of sulfonamides is 1. The summed E-state index contributed by atoms with van der Waals surface area (Å²) in [6.07, 6.45) is 0. The maximum Gasteiger partial charge on any atom is 0.300 e. The average Bonchev–Trinajstić information content (AvgIpc) is 2.37. The number of nitrogens with one attached hydrogen (secondary N) is 1. The summed E-state index contributed by atoms with van der Waals surface area (Å²) in [4.78, 5) is 19.7. The van der Waals surface area contributed by atoms with Crippen LogP contribution in [0.25, 0.3) is 0 Å². The highest BCUT2D eigenvalue weighted by Crippen LogP contribution is 2.15. The predicted molar refractivity (Wildman–Crippen MR) is 77.6 cm³/mol. The molecule has 0 atom stereocenters. The lowest BCUT2D eigenvalue weighted by Crippen LogP contribution is -2.32. The van der Waals surface area contributed by atoms with E-state index in [0.29, 0.717) is 11.4 Å². The van der Waals surface area contributed by atoms with Crippen LogP contribution in [0.3, 0.4) is 0 Å². The van der Waals surface area contributed by atoms with Gasteiger partial charge in [-0.1, -0.05) is 23.7 Å². The van der Waals surface area contributed by atoms with Crippen molar-refractivity contribution in [3.8, 4) is 0 Å². The van der Waals surface area contributed by atoms with Crippen LogP contribution in [-0.2, 0) is 10.0 Å². The van der Waals surface area contributed by atoms with Gasteiger partial charge in [0.2, 0.25) is 0 Å². The molecule has 0 radical (unpaired) electrons. The Balaban J connectivity index is 2.34. The molecule has 0 aliphatic rings. The van der Waals surface area contributed by atoms with E-state index < -0.39 is 21.1 Å². The van der Waals surface area contributed by atoms with Gasteiger partial charge >= 0.3 is 0 Å². The molecule has 1 heterocycles. The quantitative estimate of drug-likeness (QED) is 0.870. The maximum absolute atomic E-state index is 12.1. The summed E-state index contributed by atoms with van der Waals surface area (Å²) in [7, 11) is -4.15. The van der Waals surface area contributed by atoms with Gasteiger partial charge in [-0.15, -0.1) is 0 Å². The van der Waals surface area contributed by atoms with Crippen LogP contribution in [0.4, 0.5) is 0 Å². The molecule has 0 unspecified atom stereocenters. The molecule has 0 saturated heterocycles. The number of hydrogen-bond donors (Lipinski definition) is 1. The van der Waals surface area contributed by atoms with E-state index in [9.17, 15) is 13.2 Å². The van der Waals surface area contributed by atoms with Crippen molar-refractivity contribution in [3.63, 3.8) is 0 Å². The lowest BCUT2D eigenvalue weighted by Gasteiger charge is -2.08. The molecule has 2 rings (SSSR count). The van der Waals surface area contributed by atoms with Crippen molar-refractivity contribution in [1.82, 2.24) is 14.7 Å². The Hall–Kier alpha value is -1.99. The number of carbonyl (C=O) groups excluding carboxylic acids is 1. The first-order valence-electron chi connectivity index (χ1n) is 5.93. The second-order valence-electron chi connectivity index (χ2n) is 4.35. The van der Waals surface area contributed by atoms with Crippen molar-refractivity contribution in [2.45, 2.75) is 19.0 Å². The number of benzene rings is 1. The first kappa shape index (κ1) is 15.4. The standard InChI is InChI=1S/C13H12ClN3O3S/c1-8-7-9(2)16-13(15-8)21(19,20)17-12(18)10-5-3-4-6-11(10)14/h3-7H,1-2H3,(H,17,18). The van der Waals surface area contributed by atoms with Crippen molar-refractivity contribution < 1.29 is 13.2 Å². The Bertz CT molecular complexity index is 786. The van der Waals surface area contributed by atoms with E-state index in [-0.39, 0.29) is 10.6 Å². The average molecular weight is 326 g/mol. The van der Waals surface area contributed by atoms with Crippen LogP contribution < -0.4 is 4.72 Å². The van der Waals surface area contributed by atoms with Gasteiger partial charge in [-0.25, -0.2) is 14.7 Å². The molecule has 1 aromatic heterocycles. The van der Waals surface area contributed by atoms with Crippen molar-refractivity contribution in [2.24, 2.45) is 0 Å². The number of rotatable bonds is 3. The highest BCUT2D eigenvalue weighted by Gasteiger charge is 2.23. The molecule has 1 amide bonds. The molecule has 1 N–H and O–H groups in total. The molecule has 0 saturated carbocycles. The van der Waals surface area contributed by atoms with E-state index in [1.54, 1.807) is 32.0 Å². The third-order valence-corrected chi connectivity index (χ3v) is 3.99. The Kier molecular flexibility index (Phi) is 4.24. The third-order valence-electron chi connectivity index (χ3n) is 2.55. The molecule has 1 aromatic carbocycles. The zero-order chi connectivity index (χ0) is 15.6. The lowest BCUT2D eigenvalue weighted by atomic mass is 10.2. The maximum atomic E-state index is 12.1. The highest BCUT2D eigenvalue weighted by molar-refractivity contribution is 7.89. The summed E-state index contributed by atoms with van der Waals surface area (Å²) in [6.45, 7) is 3.28. The molecular formula is C13H12ClN3O3S. The predicted octanol–water partition coefficient (Wildman–Crippen LogP) is 1.87. The highest BCUT2D eigenvalue weighted by atomic mass is 35.5. The molecule has 2 aromatic rings. The van der Waals surface area contributed by atoms with E-state index in [1.165, 1.54) is 12.1 Å². The summed E-state index contributed by atoms with van der Waals surface area (Å²) < 4.78 is 26.2. The number of aryl methyl sites for hydroxylation is 2. The minimum absolute atomic E-state index is 0.0621. The first-order valence-corrected chi connectivity index (χ1v) is 7.79. The van der Waals surface area contributed by atoms with E-state index in [2.05, 4.69) is 9.97 Å². The molecule has 0 spiro atoms. The SMILES string of the molecule is Cc1cc(C)nc(S(=O)(=O)NC(=O)c2ccccc2Cl)n1. The summed E-state index contributed by atoms with van der Waals surface area (Å²) in [5.74, 6) is -0.830. The smallest absolute Gasteiger partial charge is 0.268 e. The summed E-state index contributed by atoms with van der Waals surface area (Å²) in [5, 5.41) is -0.285. The normalized spacial score (nSPS) is 11.2. The van der Waals surface area contributed by atoms with Gasteiger partial charge in [0, 0.05) is 11.4 Å². The Morgan fingerprint density at radius 1 is 1.14 bits per heavy atom. The fourth-order valence-corrected chi connectivity index (χ4v) is 2.88. The number of halogens is 1. The monoisotopic (exact) mass is 325 g/mol. The number of hydrogen-bond acceptors (Lipinski definition) is 5. The lowest BCUT2D eigenvalue weighted by molar-refractivity contribution is 0.0981. The number of aromatic nitrogens is 2. The molecule has 21 heavy (non-hydrogen) atoms. The molecule has 0 aliphatic carbocycles. The van der Waals surface area contributed by atoms with Gasteiger partial charge in [-0.2, -0.15) is 8.42 Å².